The SMILES string of the molecule is O=C(NC[C@@H]1CCCO1)c1ccccc1N1C(=O)c2c(Cl)c(Cl)c(Cl)c(Cl)c2C1=O. The van der Waals surface area contributed by atoms with E-state index in [4.69, 9.17) is 51.1 Å². The molecule has 2 aromatic carbocycles. The summed E-state index contributed by atoms with van der Waals surface area (Å²) in [7, 11) is 0. The van der Waals surface area contributed by atoms with Crippen LogP contribution in [-0.2, 0) is 4.74 Å². The molecule has 2 aromatic rings. The topological polar surface area (TPSA) is 75.7 Å². The number of hydrogen-bond acceptors (Lipinski definition) is 4. The van der Waals surface area contributed by atoms with E-state index >= 15 is 0 Å². The fourth-order valence-corrected chi connectivity index (χ4v) is 4.55. The predicted molar refractivity (Wildman–Crippen MR) is 115 cm³/mol. The van der Waals surface area contributed by atoms with E-state index < -0.39 is 17.7 Å². The zero-order valence-corrected chi connectivity index (χ0v) is 18.3. The molecule has 1 N–H and O–H groups in total. The van der Waals surface area contributed by atoms with Crippen molar-refractivity contribution in [1.82, 2.24) is 5.32 Å². The molecule has 1 fully saturated rings. The Morgan fingerprint density at radius 2 is 1.60 bits per heavy atom. The number of rotatable bonds is 4. The van der Waals surface area contributed by atoms with Gasteiger partial charge in [0.25, 0.3) is 17.7 Å². The van der Waals surface area contributed by atoms with Crippen molar-refractivity contribution in [2.24, 2.45) is 0 Å². The van der Waals surface area contributed by atoms with E-state index in [0.29, 0.717) is 13.2 Å². The molecular formula is C20H14Cl4N2O4. The lowest BCUT2D eigenvalue weighted by Crippen LogP contribution is -2.35. The van der Waals surface area contributed by atoms with E-state index in [1.54, 1.807) is 12.1 Å². The van der Waals surface area contributed by atoms with Gasteiger partial charge in [0.1, 0.15) is 0 Å². The van der Waals surface area contributed by atoms with Crippen LogP contribution in [0.1, 0.15) is 43.9 Å². The van der Waals surface area contributed by atoms with Crippen LogP contribution < -0.4 is 10.2 Å². The van der Waals surface area contributed by atoms with Gasteiger partial charge in [-0.15, -0.1) is 0 Å². The van der Waals surface area contributed by atoms with E-state index in [9.17, 15) is 14.4 Å². The summed E-state index contributed by atoms with van der Waals surface area (Å²) in [5, 5.41) is 2.22. The van der Waals surface area contributed by atoms with Gasteiger partial charge in [-0.1, -0.05) is 58.5 Å². The maximum atomic E-state index is 13.1. The minimum Gasteiger partial charge on any atom is -0.376 e. The van der Waals surface area contributed by atoms with Crippen molar-refractivity contribution in [1.29, 1.82) is 0 Å². The Balaban J connectivity index is 1.71. The third-order valence-electron chi connectivity index (χ3n) is 5.00. The molecule has 0 aliphatic carbocycles. The van der Waals surface area contributed by atoms with Gasteiger partial charge in [-0.05, 0) is 25.0 Å². The van der Waals surface area contributed by atoms with E-state index in [1.165, 1.54) is 12.1 Å². The standard InChI is InChI=1S/C20H14Cl4N2O4/c21-14-12-13(15(22)17(24)16(14)23)20(29)26(19(12)28)11-6-2-1-5-10(11)18(27)25-8-9-4-3-7-30-9/h1-2,5-6,9H,3-4,7-8H2,(H,25,27)/t9-/m0/s1. The minimum atomic E-state index is -0.736. The van der Waals surface area contributed by atoms with Gasteiger partial charge in [0.05, 0.1) is 48.6 Å². The summed E-state index contributed by atoms with van der Waals surface area (Å²) in [5.74, 6) is -1.91. The first-order valence-electron chi connectivity index (χ1n) is 9.06. The smallest absolute Gasteiger partial charge is 0.267 e. The van der Waals surface area contributed by atoms with Gasteiger partial charge >= 0.3 is 0 Å². The van der Waals surface area contributed by atoms with Gasteiger partial charge in [0.15, 0.2) is 0 Å². The summed E-state index contributed by atoms with van der Waals surface area (Å²) in [5.41, 5.74) is -0.0337. The first-order chi connectivity index (χ1) is 14.3. The molecule has 0 radical (unpaired) electrons. The van der Waals surface area contributed by atoms with Gasteiger partial charge in [0.2, 0.25) is 0 Å². The third-order valence-corrected chi connectivity index (χ3v) is 6.81. The molecular weight excluding hydrogens is 474 g/mol. The van der Waals surface area contributed by atoms with Crippen LogP contribution in [-0.4, -0.2) is 37.0 Å². The van der Waals surface area contributed by atoms with Crippen molar-refractivity contribution in [3.05, 3.63) is 61.0 Å². The maximum Gasteiger partial charge on any atom is 0.267 e. The zero-order valence-electron chi connectivity index (χ0n) is 15.3. The van der Waals surface area contributed by atoms with Crippen molar-refractivity contribution in [2.45, 2.75) is 18.9 Å². The summed E-state index contributed by atoms with van der Waals surface area (Å²) in [6, 6.07) is 6.26. The Morgan fingerprint density at radius 1 is 1.00 bits per heavy atom. The van der Waals surface area contributed by atoms with Gasteiger partial charge < -0.3 is 10.1 Å². The lowest BCUT2D eigenvalue weighted by atomic mass is 10.1. The molecule has 156 valence electrons. The zero-order chi connectivity index (χ0) is 21.6. The second kappa shape index (κ2) is 8.36. The van der Waals surface area contributed by atoms with Crippen LogP contribution in [0.5, 0.6) is 0 Å². The Kier molecular flexibility index (Phi) is 5.97. The number of ether oxygens (including phenoxy) is 1. The number of hydrogen-bond donors (Lipinski definition) is 1. The summed E-state index contributed by atoms with van der Waals surface area (Å²) in [6.07, 6.45) is 1.75. The molecule has 4 rings (SSSR count). The first kappa shape index (κ1) is 21.4. The molecule has 6 nitrogen and oxygen atoms in total. The van der Waals surface area contributed by atoms with Crippen molar-refractivity contribution >= 4 is 69.8 Å². The molecule has 1 saturated heterocycles. The van der Waals surface area contributed by atoms with Crippen molar-refractivity contribution in [2.75, 3.05) is 18.1 Å². The fourth-order valence-electron chi connectivity index (χ4n) is 3.54. The summed E-state index contributed by atoms with van der Waals surface area (Å²) >= 11 is 24.5. The number of halogens is 4. The second-order valence-corrected chi connectivity index (χ2v) is 8.33. The maximum absolute atomic E-state index is 13.1. The van der Waals surface area contributed by atoms with Crippen LogP contribution in [0.15, 0.2) is 24.3 Å². The second-order valence-electron chi connectivity index (χ2n) is 6.81. The molecule has 2 aliphatic rings. The van der Waals surface area contributed by atoms with Crippen molar-refractivity contribution in [3.8, 4) is 0 Å². The van der Waals surface area contributed by atoms with Crippen LogP contribution in [0, 0.1) is 0 Å². The molecule has 0 saturated carbocycles. The highest BCUT2D eigenvalue weighted by molar-refractivity contribution is 6.56. The predicted octanol–water partition coefficient (Wildman–Crippen LogP) is 5.01. The quantitative estimate of drug-likeness (QED) is 0.373. The van der Waals surface area contributed by atoms with Gasteiger partial charge in [0, 0.05) is 13.2 Å². The molecule has 10 heteroatoms. The molecule has 0 aromatic heterocycles. The van der Waals surface area contributed by atoms with Crippen molar-refractivity contribution < 1.29 is 19.1 Å². The summed E-state index contributed by atoms with van der Waals surface area (Å²) in [4.78, 5) is 39.8. The van der Waals surface area contributed by atoms with E-state index in [1.807, 2.05) is 0 Å². The molecule has 0 spiro atoms. The molecule has 0 unspecified atom stereocenters. The minimum absolute atomic E-state index is 0.0534. The highest BCUT2D eigenvalue weighted by Crippen LogP contribution is 2.46. The molecule has 3 amide bonds. The van der Waals surface area contributed by atoms with Crippen molar-refractivity contribution in [3.63, 3.8) is 0 Å². The average molecular weight is 488 g/mol. The number of carbonyl (C=O) groups excluding carboxylic acids is 3. The van der Waals surface area contributed by atoms with Crippen LogP contribution >= 0.6 is 46.4 Å². The highest BCUT2D eigenvalue weighted by atomic mass is 35.5. The van der Waals surface area contributed by atoms with Crippen LogP contribution in [0.2, 0.25) is 20.1 Å². The number of carbonyl (C=O) groups is 3. The van der Waals surface area contributed by atoms with Gasteiger partial charge in [-0.25, -0.2) is 4.90 Å². The van der Waals surface area contributed by atoms with Crippen LogP contribution in [0.25, 0.3) is 0 Å². The molecule has 1 atom stereocenters. The third kappa shape index (κ3) is 3.47. The number of para-hydroxylation sites is 1. The number of nitrogens with zero attached hydrogens (tertiary/aromatic N) is 1. The lowest BCUT2D eigenvalue weighted by Gasteiger charge is -2.18. The van der Waals surface area contributed by atoms with Crippen LogP contribution in [0.4, 0.5) is 5.69 Å². The number of benzene rings is 2. The Labute approximate surface area is 192 Å². The Bertz CT molecular complexity index is 1040. The monoisotopic (exact) mass is 486 g/mol. The molecule has 2 aliphatic heterocycles. The number of fused-ring (bicyclic) bond motifs is 1. The number of nitrogens with one attached hydrogen (secondary N) is 1. The molecule has 30 heavy (non-hydrogen) atoms. The number of anilines is 1. The molecule has 2 heterocycles. The largest absolute Gasteiger partial charge is 0.376 e. The summed E-state index contributed by atoms with van der Waals surface area (Å²) < 4.78 is 5.51. The van der Waals surface area contributed by atoms with Crippen LogP contribution in [0.3, 0.4) is 0 Å². The van der Waals surface area contributed by atoms with Gasteiger partial charge in [-0.2, -0.15) is 0 Å². The Morgan fingerprint density at radius 3 is 2.17 bits per heavy atom. The average Bonchev–Trinajstić information content (AvgIpc) is 3.35. The normalized spacial score (nSPS) is 18.1. The van der Waals surface area contributed by atoms with Gasteiger partial charge in [-0.3, -0.25) is 14.4 Å². The Hall–Kier alpha value is -1.83. The number of amides is 3. The number of imide groups is 1. The highest BCUT2D eigenvalue weighted by Gasteiger charge is 2.43. The first-order valence-corrected chi connectivity index (χ1v) is 10.6. The fraction of sp³-hybridized carbons (Fsp3) is 0.250. The summed E-state index contributed by atoms with van der Waals surface area (Å²) in [6.45, 7) is 0.997. The lowest BCUT2D eigenvalue weighted by molar-refractivity contribution is 0.0858. The van der Waals surface area contributed by atoms with E-state index in [0.717, 1.165) is 17.7 Å². The van der Waals surface area contributed by atoms with E-state index in [-0.39, 0.29) is 48.6 Å². The van der Waals surface area contributed by atoms with E-state index in [2.05, 4.69) is 5.32 Å². The molecule has 0 bridgehead atoms.